The third kappa shape index (κ3) is 6.48. The molecule has 3 aromatic carbocycles. The molecule has 0 radical (unpaired) electrons. The number of carboxylic acids is 1. The van der Waals surface area contributed by atoms with Gasteiger partial charge in [0.1, 0.15) is 12.4 Å². The van der Waals surface area contributed by atoms with Crippen molar-refractivity contribution in [3.63, 3.8) is 0 Å². The molecule has 0 bridgehead atoms. The van der Waals surface area contributed by atoms with Gasteiger partial charge in [0.2, 0.25) is 0 Å². The number of rotatable bonds is 10. The minimum absolute atomic E-state index is 0.0956. The van der Waals surface area contributed by atoms with Crippen molar-refractivity contribution in [2.75, 3.05) is 10.8 Å². The van der Waals surface area contributed by atoms with Crippen molar-refractivity contribution in [1.29, 1.82) is 0 Å². The van der Waals surface area contributed by atoms with Gasteiger partial charge in [0, 0.05) is 12.6 Å². The van der Waals surface area contributed by atoms with Gasteiger partial charge in [0.25, 0.3) is 10.0 Å². The molecule has 0 spiro atoms. The number of carbonyl (C=O) groups is 1. The molecule has 3 aromatic rings. The summed E-state index contributed by atoms with van der Waals surface area (Å²) in [5.74, 6) is -0.436. The summed E-state index contributed by atoms with van der Waals surface area (Å²) in [7, 11) is -3.79. The Morgan fingerprint density at radius 3 is 2.32 bits per heavy atom. The molecule has 0 aliphatic carbocycles. The Hall–Kier alpha value is -3.58. The van der Waals surface area contributed by atoms with Crippen LogP contribution in [0.4, 0.5) is 5.69 Å². The minimum atomic E-state index is -3.79. The number of carboxylic acid groups (broad SMARTS) is 1. The fourth-order valence-electron chi connectivity index (χ4n) is 3.38. The second kappa shape index (κ2) is 11.0. The molecule has 0 unspecified atom stereocenters. The van der Waals surface area contributed by atoms with Crippen LogP contribution in [-0.4, -0.2) is 26.0 Å². The Bertz CT molecular complexity index is 1250. The van der Waals surface area contributed by atoms with Crippen molar-refractivity contribution >= 4 is 27.8 Å². The Kier molecular flexibility index (Phi) is 8.12. The first-order chi connectivity index (χ1) is 16.2. The SMILES string of the molecule is Cc1ccc(OCc2ccc(C=CC(=O)O)cc2)c(N(CC(C)C)S(=O)(=O)c2ccccc2)c1. The van der Waals surface area contributed by atoms with E-state index >= 15 is 0 Å². The number of aryl methyl sites for hydroxylation is 1. The molecule has 178 valence electrons. The zero-order valence-corrected chi connectivity index (χ0v) is 20.3. The molecular formula is C27H29NO5S. The Morgan fingerprint density at radius 2 is 1.71 bits per heavy atom. The monoisotopic (exact) mass is 479 g/mol. The van der Waals surface area contributed by atoms with Crippen LogP contribution >= 0.6 is 0 Å². The van der Waals surface area contributed by atoms with Crippen LogP contribution in [-0.2, 0) is 21.4 Å². The number of hydrogen-bond donors (Lipinski definition) is 1. The second-order valence-corrected chi connectivity index (χ2v) is 10.3. The molecule has 0 atom stereocenters. The van der Waals surface area contributed by atoms with E-state index in [2.05, 4.69) is 0 Å². The van der Waals surface area contributed by atoms with Crippen LogP contribution in [0.3, 0.4) is 0 Å². The highest BCUT2D eigenvalue weighted by atomic mass is 32.2. The van der Waals surface area contributed by atoms with Gasteiger partial charge in [-0.1, -0.05) is 62.4 Å². The van der Waals surface area contributed by atoms with Crippen LogP contribution in [0.1, 0.15) is 30.5 Å². The molecular weight excluding hydrogens is 450 g/mol. The van der Waals surface area contributed by atoms with Gasteiger partial charge in [-0.05, 0) is 59.9 Å². The van der Waals surface area contributed by atoms with Crippen molar-refractivity contribution in [1.82, 2.24) is 0 Å². The summed E-state index contributed by atoms with van der Waals surface area (Å²) in [6.07, 6.45) is 2.60. The Labute approximate surface area is 201 Å². The number of sulfonamides is 1. The number of hydrogen-bond acceptors (Lipinski definition) is 4. The van der Waals surface area contributed by atoms with Crippen molar-refractivity contribution < 1.29 is 23.1 Å². The maximum Gasteiger partial charge on any atom is 0.328 e. The third-order valence-corrected chi connectivity index (χ3v) is 6.83. The van der Waals surface area contributed by atoms with E-state index in [0.29, 0.717) is 18.0 Å². The zero-order chi connectivity index (χ0) is 24.7. The highest BCUT2D eigenvalue weighted by Crippen LogP contribution is 2.35. The second-order valence-electron chi connectivity index (χ2n) is 8.42. The zero-order valence-electron chi connectivity index (χ0n) is 19.5. The van der Waals surface area contributed by atoms with Crippen LogP contribution in [0.2, 0.25) is 0 Å². The van der Waals surface area contributed by atoms with E-state index in [4.69, 9.17) is 9.84 Å². The van der Waals surface area contributed by atoms with Gasteiger partial charge in [-0.15, -0.1) is 0 Å². The summed E-state index contributed by atoms with van der Waals surface area (Å²) >= 11 is 0. The van der Waals surface area contributed by atoms with Gasteiger partial charge in [0.05, 0.1) is 10.6 Å². The first kappa shape index (κ1) is 25.1. The number of anilines is 1. The van der Waals surface area contributed by atoms with Crippen molar-refractivity contribution in [2.45, 2.75) is 32.3 Å². The van der Waals surface area contributed by atoms with Crippen LogP contribution in [0.15, 0.2) is 83.8 Å². The van der Waals surface area contributed by atoms with Crippen LogP contribution < -0.4 is 9.04 Å². The number of ether oxygens (including phenoxy) is 1. The van der Waals surface area contributed by atoms with Crippen molar-refractivity contribution in [3.8, 4) is 5.75 Å². The lowest BCUT2D eigenvalue weighted by molar-refractivity contribution is -0.131. The summed E-state index contributed by atoms with van der Waals surface area (Å²) in [6, 6.07) is 21.2. The molecule has 0 amide bonds. The lowest BCUT2D eigenvalue weighted by Crippen LogP contribution is -2.34. The maximum absolute atomic E-state index is 13.6. The third-order valence-electron chi connectivity index (χ3n) is 5.04. The summed E-state index contributed by atoms with van der Waals surface area (Å²) in [4.78, 5) is 10.9. The van der Waals surface area contributed by atoms with Crippen molar-refractivity contribution in [3.05, 3.63) is 95.6 Å². The van der Waals surface area contributed by atoms with E-state index in [1.807, 2.05) is 45.0 Å². The van der Waals surface area contributed by atoms with Gasteiger partial charge in [0.15, 0.2) is 0 Å². The van der Waals surface area contributed by atoms with Gasteiger partial charge in [-0.2, -0.15) is 0 Å². The van der Waals surface area contributed by atoms with Gasteiger partial charge in [-0.3, -0.25) is 4.31 Å². The topological polar surface area (TPSA) is 83.9 Å². The molecule has 3 rings (SSSR count). The minimum Gasteiger partial charge on any atom is -0.487 e. The fourth-order valence-corrected chi connectivity index (χ4v) is 5.03. The molecule has 0 fully saturated rings. The van der Waals surface area contributed by atoms with Crippen LogP contribution in [0, 0.1) is 12.8 Å². The summed E-state index contributed by atoms with van der Waals surface area (Å²) in [5, 5.41) is 8.76. The normalized spacial score (nSPS) is 11.6. The predicted octanol–water partition coefficient (Wildman–Crippen LogP) is 5.52. The van der Waals surface area contributed by atoms with Crippen LogP contribution in [0.5, 0.6) is 5.75 Å². The number of aliphatic carboxylic acids is 1. The Morgan fingerprint density at radius 1 is 1.03 bits per heavy atom. The summed E-state index contributed by atoms with van der Waals surface area (Å²) in [6.45, 7) is 6.41. The predicted molar refractivity (Wildman–Crippen MR) is 134 cm³/mol. The lowest BCUT2D eigenvalue weighted by Gasteiger charge is -2.28. The molecule has 34 heavy (non-hydrogen) atoms. The summed E-state index contributed by atoms with van der Waals surface area (Å²) in [5.41, 5.74) is 3.06. The molecule has 0 aliphatic rings. The first-order valence-corrected chi connectivity index (χ1v) is 12.4. The smallest absolute Gasteiger partial charge is 0.328 e. The first-order valence-electron chi connectivity index (χ1n) is 11.0. The maximum atomic E-state index is 13.6. The van der Waals surface area contributed by atoms with E-state index < -0.39 is 16.0 Å². The van der Waals surface area contributed by atoms with E-state index in [9.17, 15) is 13.2 Å². The Balaban J connectivity index is 1.91. The highest BCUT2D eigenvalue weighted by Gasteiger charge is 2.28. The standard InChI is InChI=1S/C27H29NO5S/c1-20(2)18-28(34(31,32)24-7-5-4-6-8-24)25-17-21(3)9-15-26(25)33-19-23-12-10-22(11-13-23)14-16-27(29)30/h4-17,20H,18-19H2,1-3H3,(H,29,30). The van der Waals surface area contributed by atoms with Gasteiger partial charge < -0.3 is 9.84 Å². The fraction of sp³-hybridized carbons (Fsp3) is 0.222. The molecule has 0 aliphatic heterocycles. The van der Waals surface area contributed by atoms with E-state index in [1.54, 1.807) is 48.5 Å². The average Bonchev–Trinajstić information content (AvgIpc) is 2.81. The van der Waals surface area contributed by atoms with Crippen molar-refractivity contribution in [2.24, 2.45) is 5.92 Å². The van der Waals surface area contributed by atoms with Crippen LogP contribution in [0.25, 0.3) is 6.08 Å². The van der Waals surface area contributed by atoms with E-state index in [0.717, 1.165) is 22.8 Å². The van der Waals surface area contributed by atoms with E-state index in [-0.39, 0.29) is 17.4 Å². The molecule has 0 saturated heterocycles. The number of benzene rings is 3. The van der Waals surface area contributed by atoms with E-state index in [1.165, 1.54) is 10.4 Å². The molecule has 1 N–H and O–H groups in total. The highest BCUT2D eigenvalue weighted by molar-refractivity contribution is 7.92. The lowest BCUT2D eigenvalue weighted by atomic mass is 10.1. The number of nitrogens with zero attached hydrogens (tertiary/aromatic N) is 1. The quantitative estimate of drug-likeness (QED) is 0.387. The molecule has 7 heteroatoms. The molecule has 0 heterocycles. The summed E-state index contributed by atoms with van der Waals surface area (Å²) < 4.78 is 34.7. The largest absolute Gasteiger partial charge is 0.487 e. The molecule has 0 saturated carbocycles. The molecule has 0 aromatic heterocycles. The molecule has 6 nitrogen and oxygen atoms in total. The van der Waals surface area contributed by atoms with Gasteiger partial charge >= 0.3 is 5.97 Å². The van der Waals surface area contributed by atoms with Gasteiger partial charge in [-0.25, -0.2) is 13.2 Å². The average molecular weight is 480 g/mol.